The van der Waals surface area contributed by atoms with E-state index in [9.17, 15) is 14.4 Å². The number of aromatic nitrogens is 2. The van der Waals surface area contributed by atoms with E-state index in [4.69, 9.17) is 16.3 Å². The van der Waals surface area contributed by atoms with Gasteiger partial charge >= 0.3 is 5.97 Å². The van der Waals surface area contributed by atoms with Crippen LogP contribution in [0.3, 0.4) is 0 Å². The number of hydrogen-bond donors (Lipinski definition) is 1. The van der Waals surface area contributed by atoms with E-state index in [1.807, 2.05) is 18.2 Å². The summed E-state index contributed by atoms with van der Waals surface area (Å²) in [5.41, 5.74) is 1.84. The maximum atomic E-state index is 12.6. The SMILES string of the molecule is CCOC(=O)c1ccc(C(=O)Nc2ccc(=O)n(Cc3ccccc3Cl)c2)nc1C. The van der Waals surface area contributed by atoms with Crippen LogP contribution in [0.25, 0.3) is 0 Å². The van der Waals surface area contributed by atoms with Crippen molar-refractivity contribution < 1.29 is 14.3 Å². The van der Waals surface area contributed by atoms with Crippen LogP contribution < -0.4 is 10.9 Å². The van der Waals surface area contributed by atoms with Gasteiger partial charge in [0.05, 0.1) is 30.1 Å². The van der Waals surface area contributed by atoms with Crippen LogP contribution >= 0.6 is 11.6 Å². The molecule has 1 aromatic carbocycles. The molecule has 0 aliphatic carbocycles. The number of aryl methyl sites for hydroxylation is 1. The van der Waals surface area contributed by atoms with E-state index in [1.165, 1.54) is 28.8 Å². The van der Waals surface area contributed by atoms with Crippen LogP contribution in [0, 0.1) is 6.92 Å². The summed E-state index contributed by atoms with van der Waals surface area (Å²) >= 11 is 6.17. The van der Waals surface area contributed by atoms with Crippen LogP contribution in [0.2, 0.25) is 5.02 Å². The summed E-state index contributed by atoms with van der Waals surface area (Å²) in [5, 5.41) is 3.27. The third-order valence-electron chi connectivity index (χ3n) is 4.35. The summed E-state index contributed by atoms with van der Waals surface area (Å²) in [6, 6.07) is 13.1. The smallest absolute Gasteiger partial charge is 0.339 e. The first-order chi connectivity index (χ1) is 14.4. The van der Waals surface area contributed by atoms with Crippen LogP contribution in [0.1, 0.15) is 39.0 Å². The Labute approximate surface area is 178 Å². The molecule has 0 atom stereocenters. The number of ether oxygens (including phenoxy) is 1. The van der Waals surface area contributed by atoms with Crippen molar-refractivity contribution >= 4 is 29.2 Å². The predicted octanol–water partition coefficient (Wildman–Crippen LogP) is 3.68. The number of carbonyl (C=O) groups is 2. The van der Waals surface area contributed by atoms with Gasteiger partial charge in [-0.15, -0.1) is 0 Å². The Bertz CT molecular complexity index is 1160. The van der Waals surface area contributed by atoms with E-state index in [0.29, 0.717) is 22.0 Å². The van der Waals surface area contributed by atoms with Gasteiger partial charge in [-0.25, -0.2) is 9.78 Å². The Morgan fingerprint density at radius 1 is 1.13 bits per heavy atom. The number of pyridine rings is 2. The van der Waals surface area contributed by atoms with E-state index in [1.54, 1.807) is 26.1 Å². The van der Waals surface area contributed by atoms with Gasteiger partial charge in [0.25, 0.3) is 11.5 Å². The zero-order chi connectivity index (χ0) is 21.7. The minimum atomic E-state index is -0.485. The number of hydrogen-bond acceptors (Lipinski definition) is 5. The molecule has 0 aliphatic heterocycles. The highest BCUT2D eigenvalue weighted by Crippen LogP contribution is 2.16. The fourth-order valence-electron chi connectivity index (χ4n) is 2.85. The maximum Gasteiger partial charge on any atom is 0.339 e. The number of amides is 1. The monoisotopic (exact) mass is 425 g/mol. The highest BCUT2D eigenvalue weighted by molar-refractivity contribution is 6.31. The van der Waals surface area contributed by atoms with Gasteiger partial charge in [0, 0.05) is 17.3 Å². The summed E-state index contributed by atoms with van der Waals surface area (Å²) < 4.78 is 6.42. The van der Waals surface area contributed by atoms with E-state index in [-0.39, 0.29) is 24.4 Å². The van der Waals surface area contributed by atoms with Crippen molar-refractivity contribution in [3.05, 3.63) is 92.6 Å². The van der Waals surface area contributed by atoms with Gasteiger partial charge in [0.2, 0.25) is 0 Å². The van der Waals surface area contributed by atoms with Crippen LogP contribution in [0.5, 0.6) is 0 Å². The first kappa shape index (κ1) is 21.3. The Morgan fingerprint density at radius 3 is 2.60 bits per heavy atom. The van der Waals surface area contributed by atoms with Gasteiger partial charge in [-0.2, -0.15) is 0 Å². The topological polar surface area (TPSA) is 90.3 Å². The maximum absolute atomic E-state index is 12.6. The molecule has 0 radical (unpaired) electrons. The van der Waals surface area contributed by atoms with Gasteiger partial charge in [0.15, 0.2) is 0 Å². The van der Waals surface area contributed by atoms with Crippen molar-refractivity contribution in [2.24, 2.45) is 0 Å². The highest BCUT2D eigenvalue weighted by atomic mass is 35.5. The molecule has 154 valence electrons. The molecule has 0 aliphatic rings. The fourth-order valence-corrected chi connectivity index (χ4v) is 3.04. The lowest BCUT2D eigenvalue weighted by Gasteiger charge is -2.11. The van der Waals surface area contributed by atoms with Crippen LogP contribution in [0.15, 0.2) is 59.5 Å². The molecule has 30 heavy (non-hydrogen) atoms. The largest absolute Gasteiger partial charge is 0.462 e. The van der Waals surface area contributed by atoms with Gasteiger partial charge in [-0.1, -0.05) is 29.8 Å². The zero-order valence-electron chi connectivity index (χ0n) is 16.5. The molecule has 7 nitrogen and oxygen atoms in total. The van der Waals surface area contributed by atoms with Gasteiger partial charge in [-0.3, -0.25) is 9.59 Å². The zero-order valence-corrected chi connectivity index (χ0v) is 17.3. The average molecular weight is 426 g/mol. The summed E-state index contributed by atoms with van der Waals surface area (Å²) in [7, 11) is 0. The van der Waals surface area contributed by atoms with Crippen molar-refractivity contribution in [2.75, 3.05) is 11.9 Å². The summed E-state index contributed by atoms with van der Waals surface area (Å²) in [4.78, 5) is 40.8. The van der Waals surface area contributed by atoms with Crippen molar-refractivity contribution in [3.8, 4) is 0 Å². The standard InChI is InChI=1S/C22H20ClN3O4/c1-3-30-22(29)17-9-10-19(24-14(17)2)21(28)25-16-8-11-20(27)26(13-16)12-15-6-4-5-7-18(15)23/h4-11,13H,3,12H2,1-2H3,(H,25,28). The molecular formula is C22H20ClN3O4. The van der Waals surface area contributed by atoms with Crippen molar-refractivity contribution in [2.45, 2.75) is 20.4 Å². The third kappa shape index (κ3) is 4.93. The number of nitrogens with one attached hydrogen (secondary N) is 1. The van der Waals surface area contributed by atoms with Crippen LogP contribution in [-0.4, -0.2) is 28.0 Å². The molecule has 1 amide bonds. The average Bonchev–Trinajstić information content (AvgIpc) is 2.72. The number of nitrogens with zero attached hydrogens (tertiary/aromatic N) is 2. The highest BCUT2D eigenvalue weighted by Gasteiger charge is 2.15. The number of anilines is 1. The molecular weight excluding hydrogens is 406 g/mol. The molecule has 1 N–H and O–H groups in total. The second kappa shape index (κ2) is 9.37. The van der Waals surface area contributed by atoms with Crippen molar-refractivity contribution in [3.63, 3.8) is 0 Å². The van der Waals surface area contributed by atoms with Crippen LogP contribution in [0.4, 0.5) is 5.69 Å². The van der Waals surface area contributed by atoms with Gasteiger partial charge in [-0.05, 0) is 43.7 Å². The lowest BCUT2D eigenvalue weighted by atomic mass is 10.2. The van der Waals surface area contributed by atoms with Gasteiger partial charge < -0.3 is 14.6 Å². The third-order valence-corrected chi connectivity index (χ3v) is 4.72. The first-order valence-electron chi connectivity index (χ1n) is 9.29. The summed E-state index contributed by atoms with van der Waals surface area (Å²) in [6.07, 6.45) is 1.55. The second-order valence-electron chi connectivity index (χ2n) is 6.48. The first-order valence-corrected chi connectivity index (χ1v) is 9.67. The molecule has 0 fully saturated rings. The van der Waals surface area contributed by atoms with E-state index >= 15 is 0 Å². The Hall–Kier alpha value is -3.45. The quantitative estimate of drug-likeness (QED) is 0.608. The Balaban J connectivity index is 1.79. The lowest BCUT2D eigenvalue weighted by Crippen LogP contribution is -2.22. The number of benzene rings is 1. The molecule has 8 heteroatoms. The molecule has 0 saturated heterocycles. The molecule has 0 bridgehead atoms. The Morgan fingerprint density at radius 2 is 1.90 bits per heavy atom. The Kier molecular flexibility index (Phi) is 6.64. The molecule has 0 unspecified atom stereocenters. The van der Waals surface area contributed by atoms with Crippen molar-refractivity contribution in [1.82, 2.24) is 9.55 Å². The summed E-state index contributed by atoms with van der Waals surface area (Å²) in [6.45, 7) is 3.87. The molecule has 3 rings (SSSR count). The second-order valence-corrected chi connectivity index (χ2v) is 6.89. The van der Waals surface area contributed by atoms with E-state index in [2.05, 4.69) is 10.3 Å². The van der Waals surface area contributed by atoms with Gasteiger partial charge in [0.1, 0.15) is 5.69 Å². The minimum Gasteiger partial charge on any atom is -0.462 e. The predicted molar refractivity (Wildman–Crippen MR) is 114 cm³/mol. The number of carbonyl (C=O) groups excluding carboxylic acids is 2. The van der Waals surface area contributed by atoms with E-state index < -0.39 is 11.9 Å². The van der Waals surface area contributed by atoms with E-state index in [0.717, 1.165) is 5.56 Å². The summed E-state index contributed by atoms with van der Waals surface area (Å²) in [5.74, 6) is -0.947. The lowest BCUT2D eigenvalue weighted by molar-refractivity contribution is 0.0524. The fraction of sp³-hybridized carbons (Fsp3) is 0.182. The number of rotatable bonds is 6. The number of halogens is 1. The molecule has 0 spiro atoms. The molecule has 2 aromatic heterocycles. The molecule has 2 heterocycles. The normalized spacial score (nSPS) is 10.5. The van der Waals surface area contributed by atoms with Crippen LogP contribution in [-0.2, 0) is 11.3 Å². The molecule has 3 aromatic rings. The molecule has 0 saturated carbocycles. The van der Waals surface area contributed by atoms with Crippen molar-refractivity contribution in [1.29, 1.82) is 0 Å². The number of esters is 1. The minimum absolute atomic E-state index is 0.143.